The largest absolute Gasteiger partial charge is 0.469 e. The van der Waals surface area contributed by atoms with Crippen LogP contribution in [0.25, 0.3) is 0 Å². The highest BCUT2D eigenvalue weighted by atomic mass is 31.2. The van der Waals surface area contributed by atoms with Crippen molar-refractivity contribution in [3.05, 3.63) is 35.9 Å². The van der Waals surface area contributed by atoms with Crippen molar-refractivity contribution in [1.82, 2.24) is 5.32 Å². The molecule has 0 aliphatic rings. The molecule has 3 N–H and O–H groups in total. The van der Waals surface area contributed by atoms with Gasteiger partial charge < -0.3 is 19.8 Å². The highest BCUT2D eigenvalue weighted by Gasteiger charge is 2.28. The molecular weight excluding hydrogens is 357 g/mol. The lowest BCUT2D eigenvalue weighted by Crippen LogP contribution is -2.36. The molecule has 0 aliphatic heterocycles. The Kier molecular flexibility index (Phi) is 13.0. The molecule has 0 spiro atoms. The first kappa shape index (κ1) is 24.6. The first-order valence-corrected chi connectivity index (χ1v) is 10.6. The molecule has 0 unspecified atom stereocenters. The maximum atomic E-state index is 11.9. The van der Waals surface area contributed by atoms with E-state index in [1.165, 1.54) is 6.92 Å². The van der Waals surface area contributed by atoms with E-state index < -0.39 is 26.1 Å². The number of hydrogen-bond acceptors (Lipinski definition) is 4. The van der Waals surface area contributed by atoms with E-state index in [1.54, 1.807) is 30.3 Å². The summed E-state index contributed by atoms with van der Waals surface area (Å²) >= 11 is 0. The van der Waals surface area contributed by atoms with Gasteiger partial charge in [-0.25, -0.2) is 9.36 Å². The van der Waals surface area contributed by atoms with Crippen molar-refractivity contribution in [2.75, 3.05) is 6.61 Å². The van der Waals surface area contributed by atoms with Gasteiger partial charge in [0.1, 0.15) is 0 Å². The maximum absolute atomic E-state index is 11.9. The van der Waals surface area contributed by atoms with E-state index >= 15 is 0 Å². The highest BCUT2D eigenvalue weighted by molar-refractivity contribution is 7.46. The number of unbranched alkanes of at least 4 members (excludes halogenated alkanes) is 3. The van der Waals surface area contributed by atoms with Gasteiger partial charge in [-0.3, -0.25) is 4.52 Å². The van der Waals surface area contributed by atoms with Crippen molar-refractivity contribution in [2.24, 2.45) is 0 Å². The topological polar surface area (TPSA) is 105 Å². The summed E-state index contributed by atoms with van der Waals surface area (Å²) in [5.41, 5.74) is 0.668. The van der Waals surface area contributed by atoms with Gasteiger partial charge in [-0.15, -0.1) is 0 Å². The smallest absolute Gasteiger partial charge is 0.450 e. The Bertz CT molecular complexity index is 534. The van der Waals surface area contributed by atoms with E-state index in [0.29, 0.717) is 12.2 Å². The van der Waals surface area contributed by atoms with Crippen molar-refractivity contribution in [2.45, 2.75) is 65.5 Å². The molecule has 26 heavy (non-hydrogen) atoms. The van der Waals surface area contributed by atoms with Crippen LogP contribution in [0.5, 0.6) is 0 Å². The molecule has 0 heterocycles. The number of hydrogen-bond donors (Lipinski definition) is 3. The molecule has 1 aromatic carbocycles. The van der Waals surface area contributed by atoms with E-state index in [1.807, 2.05) is 13.8 Å². The Morgan fingerprint density at radius 2 is 1.77 bits per heavy atom. The number of carbonyl (C=O) groups excluding carboxylic acids is 1. The molecule has 2 atom stereocenters. The summed E-state index contributed by atoms with van der Waals surface area (Å²) in [6.07, 6.45) is 2.39. The second-order valence-electron chi connectivity index (χ2n) is 5.53. The Hall–Kier alpha value is -1.40. The summed E-state index contributed by atoms with van der Waals surface area (Å²) in [6.45, 7) is 7.89. The number of phosphoric acid groups is 1. The Morgan fingerprint density at radius 3 is 2.31 bits per heavy atom. The van der Waals surface area contributed by atoms with E-state index in [4.69, 9.17) is 19.0 Å². The van der Waals surface area contributed by atoms with Crippen LogP contribution >= 0.6 is 7.82 Å². The zero-order chi connectivity index (χ0) is 20.0. The molecule has 0 aliphatic carbocycles. The van der Waals surface area contributed by atoms with Crippen LogP contribution in [0.1, 0.15) is 65.0 Å². The fraction of sp³-hybridized carbons (Fsp3) is 0.611. The molecule has 0 fully saturated rings. The predicted octanol–water partition coefficient (Wildman–Crippen LogP) is 4.56. The summed E-state index contributed by atoms with van der Waals surface area (Å²) in [7, 11) is -4.67. The van der Waals surface area contributed by atoms with Crippen LogP contribution in [-0.4, -0.2) is 28.6 Å². The molecule has 0 aromatic heterocycles. The monoisotopic (exact) mass is 389 g/mol. The number of carbonyl (C=O) groups is 1. The third-order valence-electron chi connectivity index (χ3n) is 3.44. The van der Waals surface area contributed by atoms with Gasteiger partial charge in [-0.1, -0.05) is 70.4 Å². The highest BCUT2D eigenvalue weighted by Crippen LogP contribution is 2.40. The van der Waals surface area contributed by atoms with Gasteiger partial charge in [0, 0.05) is 0 Å². The first-order valence-electron chi connectivity index (χ1n) is 9.05. The van der Waals surface area contributed by atoms with Gasteiger partial charge in [-0.05, 0) is 18.9 Å². The number of rotatable bonds is 10. The second-order valence-corrected chi connectivity index (χ2v) is 6.72. The lowest BCUT2D eigenvalue weighted by atomic mass is 10.0. The zero-order valence-corrected chi connectivity index (χ0v) is 16.9. The number of amides is 1. The van der Waals surface area contributed by atoms with Crippen LogP contribution in [0.4, 0.5) is 4.79 Å². The van der Waals surface area contributed by atoms with Gasteiger partial charge in [0.15, 0.2) is 0 Å². The van der Waals surface area contributed by atoms with Gasteiger partial charge >= 0.3 is 13.9 Å². The van der Waals surface area contributed by atoms with Crippen LogP contribution < -0.4 is 5.32 Å². The Labute approximate surface area is 156 Å². The second kappa shape index (κ2) is 13.8. The molecule has 0 bridgehead atoms. The fourth-order valence-electron chi connectivity index (χ4n) is 2.27. The minimum absolute atomic E-state index is 0.307. The summed E-state index contributed by atoms with van der Waals surface area (Å²) < 4.78 is 20.9. The summed E-state index contributed by atoms with van der Waals surface area (Å²) in [5.74, 6) is 0. The lowest BCUT2D eigenvalue weighted by Gasteiger charge is -2.25. The number of ether oxygens (including phenoxy) is 1. The Balaban J connectivity index is 0.00000301. The molecule has 0 saturated heterocycles. The van der Waals surface area contributed by atoms with E-state index in [2.05, 4.69) is 12.2 Å². The summed E-state index contributed by atoms with van der Waals surface area (Å²) in [6, 6.07) is 8.09. The van der Waals surface area contributed by atoms with Crippen molar-refractivity contribution < 1.29 is 28.4 Å². The minimum Gasteiger partial charge on any atom is -0.450 e. The van der Waals surface area contributed by atoms with Gasteiger partial charge in [0.05, 0.1) is 18.8 Å². The average molecular weight is 389 g/mol. The third kappa shape index (κ3) is 11.3. The standard InChI is InChI=1S/C16H26NO6P.C2H6/c1-3-4-5-9-12-22-16(18)17-15(13(2)23-24(19,20)21)14-10-7-6-8-11-14;1-2/h6-8,10-11,13,15H,3-5,9,12H2,1-2H3,(H,17,18)(H2,19,20,21);1-2H3/t13-,15-;/m0./s1. The van der Waals surface area contributed by atoms with Crippen LogP contribution in [0.15, 0.2) is 30.3 Å². The van der Waals surface area contributed by atoms with Crippen molar-refractivity contribution >= 4 is 13.9 Å². The van der Waals surface area contributed by atoms with Crippen LogP contribution in [0.3, 0.4) is 0 Å². The van der Waals surface area contributed by atoms with Crippen LogP contribution in [0.2, 0.25) is 0 Å². The first-order chi connectivity index (χ1) is 12.3. The third-order valence-corrected chi connectivity index (χ3v) is 4.04. The normalized spacial score (nSPS) is 13.2. The number of nitrogens with one attached hydrogen (secondary N) is 1. The molecule has 0 radical (unpaired) electrons. The van der Waals surface area contributed by atoms with E-state index in [-0.39, 0.29) is 0 Å². The molecule has 1 rings (SSSR count). The summed E-state index contributed by atoms with van der Waals surface area (Å²) in [5, 5.41) is 2.62. The van der Waals surface area contributed by atoms with Crippen molar-refractivity contribution in [1.29, 1.82) is 0 Å². The van der Waals surface area contributed by atoms with E-state index in [0.717, 1.165) is 25.7 Å². The predicted molar refractivity (Wildman–Crippen MR) is 102 cm³/mol. The molecule has 150 valence electrons. The van der Waals surface area contributed by atoms with Crippen LogP contribution in [0, 0.1) is 0 Å². The fourth-order valence-corrected chi connectivity index (χ4v) is 2.83. The van der Waals surface area contributed by atoms with Crippen LogP contribution in [-0.2, 0) is 13.8 Å². The summed E-state index contributed by atoms with van der Waals surface area (Å²) in [4.78, 5) is 29.9. The quantitative estimate of drug-likeness (QED) is 0.400. The van der Waals surface area contributed by atoms with Gasteiger partial charge in [-0.2, -0.15) is 0 Å². The van der Waals surface area contributed by atoms with Crippen molar-refractivity contribution in [3.63, 3.8) is 0 Å². The van der Waals surface area contributed by atoms with Gasteiger partial charge in [0.25, 0.3) is 0 Å². The number of phosphoric ester groups is 1. The zero-order valence-electron chi connectivity index (χ0n) is 16.1. The number of alkyl carbamates (subject to hydrolysis) is 1. The lowest BCUT2D eigenvalue weighted by molar-refractivity contribution is 0.0993. The number of benzene rings is 1. The average Bonchev–Trinajstić information content (AvgIpc) is 2.60. The molecular formula is C18H32NO6P. The van der Waals surface area contributed by atoms with Gasteiger partial charge in [0.2, 0.25) is 0 Å². The molecule has 7 nitrogen and oxygen atoms in total. The molecule has 1 amide bonds. The molecule has 8 heteroatoms. The molecule has 0 saturated carbocycles. The molecule has 1 aromatic rings. The van der Waals surface area contributed by atoms with E-state index in [9.17, 15) is 9.36 Å². The maximum Gasteiger partial charge on any atom is 0.469 e. The van der Waals surface area contributed by atoms with Crippen molar-refractivity contribution in [3.8, 4) is 0 Å². The SMILES string of the molecule is CC.CCCCCCOC(=O)N[C@H](c1ccccc1)[C@H](C)OP(=O)(O)O. The Morgan fingerprint density at radius 1 is 1.15 bits per heavy atom. The minimum atomic E-state index is -4.67.